The molecule has 2 N–H and O–H groups in total. The van der Waals surface area contributed by atoms with Gasteiger partial charge >= 0.3 is 0 Å². The van der Waals surface area contributed by atoms with Crippen LogP contribution >= 0.6 is 11.3 Å². The maximum Gasteiger partial charge on any atom is 0.267 e. The SMILES string of the molecule is O=C(Nc1ccc(O)cc1)c1cncs1. The van der Waals surface area contributed by atoms with Gasteiger partial charge < -0.3 is 10.4 Å². The van der Waals surface area contributed by atoms with E-state index in [1.54, 1.807) is 17.6 Å². The summed E-state index contributed by atoms with van der Waals surface area (Å²) in [4.78, 5) is 15.9. The number of benzene rings is 1. The average molecular weight is 220 g/mol. The van der Waals surface area contributed by atoms with E-state index in [1.165, 1.54) is 29.7 Å². The topological polar surface area (TPSA) is 62.2 Å². The van der Waals surface area contributed by atoms with Crippen LogP contribution in [-0.2, 0) is 0 Å². The molecule has 2 rings (SSSR count). The van der Waals surface area contributed by atoms with Gasteiger partial charge in [-0.3, -0.25) is 9.78 Å². The number of rotatable bonds is 2. The van der Waals surface area contributed by atoms with Gasteiger partial charge in [-0.1, -0.05) is 0 Å². The second-order valence-electron chi connectivity index (χ2n) is 2.87. The molecule has 0 bridgehead atoms. The fourth-order valence-corrected chi connectivity index (χ4v) is 1.58. The first-order valence-corrected chi connectivity index (χ1v) is 5.12. The van der Waals surface area contributed by atoms with Crippen LogP contribution in [0.2, 0.25) is 0 Å². The molecule has 76 valence electrons. The second kappa shape index (κ2) is 4.10. The Morgan fingerprint density at radius 3 is 2.67 bits per heavy atom. The molecule has 0 radical (unpaired) electrons. The minimum atomic E-state index is -0.191. The van der Waals surface area contributed by atoms with Crippen LogP contribution < -0.4 is 5.32 Å². The summed E-state index contributed by atoms with van der Waals surface area (Å²) in [6.07, 6.45) is 1.51. The molecule has 4 nitrogen and oxygen atoms in total. The van der Waals surface area contributed by atoms with Crippen LogP contribution in [0.1, 0.15) is 9.67 Å². The Labute approximate surface area is 90.2 Å². The van der Waals surface area contributed by atoms with Crippen LogP contribution in [0.4, 0.5) is 5.69 Å². The number of phenolic OH excluding ortho intramolecular Hbond substituents is 1. The fourth-order valence-electron chi connectivity index (χ4n) is 1.07. The molecular formula is C10H8N2O2S. The number of phenols is 1. The van der Waals surface area contributed by atoms with E-state index in [-0.39, 0.29) is 11.7 Å². The summed E-state index contributed by atoms with van der Waals surface area (Å²) < 4.78 is 0. The quantitative estimate of drug-likeness (QED) is 0.762. The van der Waals surface area contributed by atoms with Crippen LogP contribution in [-0.4, -0.2) is 16.0 Å². The lowest BCUT2D eigenvalue weighted by Gasteiger charge is -2.02. The number of carbonyl (C=O) groups is 1. The highest BCUT2D eigenvalue weighted by Gasteiger charge is 2.06. The summed E-state index contributed by atoms with van der Waals surface area (Å²) in [6, 6.07) is 6.30. The lowest BCUT2D eigenvalue weighted by Crippen LogP contribution is -2.09. The second-order valence-corrected chi connectivity index (χ2v) is 3.75. The molecule has 1 heterocycles. The van der Waals surface area contributed by atoms with Crippen molar-refractivity contribution in [3.63, 3.8) is 0 Å². The van der Waals surface area contributed by atoms with E-state index in [0.29, 0.717) is 10.6 Å². The number of nitrogens with one attached hydrogen (secondary N) is 1. The van der Waals surface area contributed by atoms with Crippen LogP contribution in [0, 0.1) is 0 Å². The van der Waals surface area contributed by atoms with Crippen molar-refractivity contribution in [1.82, 2.24) is 4.98 Å². The summed E-state index contributed by atoms with van der Waals surface area (Å²) in [5.74, 6) is -0.0195. The molecule has 0 fully saturated rings. The highest BCUT2D eigenvalue weighted by molar-refractivity contribution is 7.11. The van der Waals surface area contributed by atoms with Crippen molar-refractivity contribution in [3.05, 3.63) is 40.8 Å². The molecule has 0 unspecified atom stereocenters. The van der Waals surface area contributed by atoms with Gasteiger partial charge in [0.05, 0.1) is 11.7 Å². The Hall–Kier alpha value is -1.88. The molecule has 0 saturated carbocycles. The molecule has 0 aliphatic carbocycles. The molecule has 1 amide bonds. The largest absolute Gasteiger partial charge is 0.508 e. The predicted molar refractivity (Wildman–Crippen MR) is 58.2 cm³/mol. The lowest BCUT2D eigenvalue weighted by molar-refractivity contribution is 0.103. The van der Waals surface area contributed by atoms with Crippen LogP contribution in [0.5, 0.6) is 5.75 Å². The maximum absolute atomic E-state index is 11.6. The van der Waals surface area contributed by atoms with Crippen molar-refractivity contribution in [2.45, 2.75) is 0 Å². The van der Waals surface area contributed by atoms with Gasteiger partial charge in [-0.15, -0.1) is 11.3 Å². The first kappa shape index (κ1) is 9.67. The van der Waals surface area contributed by atoms with Gasteiger partial charge in [0.2, 0.25) is 0 Å². The van der Waals surface area contributed by atoms with Crippen molar-refractivity contribution >= 4 is 22.9 Å². The number of hydrogen-bond acceptors (Lipinski definition) is 4. The van der Waals surface area contributed by atoms with E-state index >= 15 is 0 Å². The van der Waals surface area contributed by atoms with Gasteiger partial charge in [-0.25, -0.2) is 0 Å². The zero-order valence-corrected chi connectivity index (χ0v) is 8.49. The Balaban J connectivity index is 2.09. The molecule has 0 aliphatic rings. The Kier molecular flexibility index (Phi) is 2.64. The number of thiazole rings is 1. The minimum Gasteiger partial charge on any atom is -0.508 e. The van der Waals surface area contributed by atoms with Gasteiger partial charge in [0.1, 0.15) is 10.6 Å². The standard InChI is InChI=1S/C10H8N2O2S/c13-8-3-1-7(2-4-8)12-10(14)9-5-11-6-15-9/h1-6,13H,(H,12,14). The summed E-state index contributed by atoms with van der Waals surface area (Å²) in [6.45, 7) is 0. The summed E-state index contributed by atoms with van der Waals surface area (Å²) in [5, 5.41) is 11.7. The van der Waals surface area contributed by atoms with Crippen molar-refractivity contribution in [2.75, 3.05) is 5.32 Å². The Morgan fingerprint density at radius 2 is 2.07 bits per heavy atom. The van der Waals surface area contributed by atoms with Gasteiger partial charge in [0.25, 0.3) is 5.91 Å². The van der Waals surface area contributed by atoms with Gasteiger partial charge in [-0.05, 0) is 24.3 Å². The van der Waals surface area contributed by atoms with Crippen LogP contribution in [0.15, 0.2) is 36.0 Å². The monoisotopic (exact) mass is 220 g/mol. The number of hydrogen-bond donors (Lipinski definition) is 2. The summed E-state index contributed by atoms with van der Waals surface area (Å²) in [5.41, 5.74) is 2.25. The Bertz CT molecular complexity index is 451. The van der Waals surface area contributed by atoms with E-state index in [9.17, 15) is 4.79 Å². The van der Waals surface area contributed by atoms with Crippen molar-refractivity contribution in [2.24, 2.45) is 0 Å². The van der Waals surface area contributed by atoms with Crippen molar-refractivity contribution in [1.29, 1.82) is 0 Å². The number of anilines is 1. The van der Waals surface area contributed by atoms with E-state index in [0.717, 1.165) is 0 Å². The summed E-state index contributed by atoms with van der Waals surface area (Å²) in [7, 11) is 0. The van der Waals surface area contributed by atoms with Gasteiger partial charge in [-0.2, -0.15) is 0 Å². The molecule has 0 spiro atoms. The zero-order valence-electron chi connectivity index (χ0n) is 7.68. The Morgan fingerprint density at radius 1 is 1.33 bits per heavy atom. The molecule has 15 heavy (non-hydrogen) atoms. The molecular weight excluding hydrogens is 212 g/mol. The van der Waals surface area contributed by atoms with E-state index in [4.69, 9.17) is 5.11 Å². The number of aromatic hydroxyl groups is 1. The molecule has 1 aromatic carbocycles. The zero-order chi connectivity index (χ0) is 10.7. The van der Waals surface area contributed by atoms with E-state index < -0.39 is 0 Å². The van der Waals surface area contributed by atoms with Gasteiger partial charge in [0, 0.05) is 5.69 Å². The van der Waals surface area contributed by atoms with Crippen LogP contribution in [0.25, 0.3) is 0 Å². The number of aromatic nitrogens is 1. The molecule has 2 aromatic rings. The smallest absolute Gasteiger partial charge is 0.267 e. The maximum atomic E-state index is 11.6. The van der Waals surface area contributed by atoms with Crippen LogP contribution in [0.3, 0.4) is 0 Å². The third-order valence-electron chi connectivity index (χ3n) is 1.78. The molecule has 0 saturated heterocycles. The van der Waals surface area contributed by atoms with E-state index in [1.807, 2.05) is 0 Å². The van der Waals surface area contributed by atoms with Crippen molar-refractivity contribution in [3.8, 4) is 5.75 Å². The molecule has 0 aliphatic heterocycles. The first-order chi connectivity index (χ1) is 7.25. The van der Waals surface area contributed by atoms with E-state index in [2.05, 4.69) is 10.3 Å². The third kappa shape index (κ3) is 2.32. The lowest BCUT2D eigenvalue weighted by atomic mass is 10.3. The minimum absolute atomic E-state index is 0.172. The fraction of sp³-hybridized carbons (Fsp3) is 0. The van der Waals surface area contributed by atoms with Gasteiger partial charge in [0.15, 0.2) is 0 Å². The number of nitrogens with zero attached hydrogens (tertiary/aromatic N) is 1. The van der Waals surface area contributed by atoms with Crippen molar-refractivity contribution < 1.29 is 9.90 Å². The normalized spacial score (nSPS) is 9.87. The predicted octanol–water partition coefficient (Wildman–Crippen LogP) is 2.10. The third-order valence-corrected chi connectivity index (χ3v) is 2.55. The highest BCUT2D eigenvalue weighted by Crippen LogP contribution is 2.15. The number of amides is 1. The molecule has 1 aromatic heterocycles. The first-order valence-electron chi connectivity index (χ1n) is 4.24. The highest BCUT2D eigenvalue weighted by atomic mass is 32.1. The summed E-state index contributed by atoms with van der Waals surface area (Å²) >= 11 is 1.28. The number of carbonyl (C=O) groups excluding carboxylic acids is 1. The molecule has 5 heteroatoms. The average Bonchev–Trinajstić information content (AvgIpc) is 2.74. The molecule has 0 atom stereocenters.